The highest BCUT2D eigenvalue weighted by atomic mass is 35.5. The highest BCUT2D eigenvalue weighted by Crippen LogP contribution is 2.31. The van der Waals surface area contributed by atoms with Gasteiger partial charge in [-0.3, -0.25) is 4.79 Å². The Bertz CT molecular complexity index is 428. The molecule has 1 aromatic rings. The molecule has 1 unspecified atom stereocenters. The number of benzene rings is 1. The van der Waals surface area contributed by atoms with Crippen molar-refractivity contribution < 1.29 is 22.4 Å². The number of hydrogen-bond donors (Lipinski definition) is 0. The second kappa shape index (κ2) is 5.04. The molecule has 0 saturated carbocycles. The van der Waals surface area contributed by atoms with E-state index in [1.54, 1.807) is 6.92 Å². The molecule has 0 amide bonds. The zero-order chi connectivity index (χ0) is 13.2. The van der Waals surface area contributed by atoms with E-state index >= 15 is 0 Å². The molecular formula is C11H9ClF4O. The number of carbonyl (C=O) groups is 1. The maximum Gasteiger partial charge on any atom is 0.416 e. The highest BCUT2D eigenvalue weighted by Gasteiger charge is 2.32. The average molecular weight is 269 g/mol. The van der Waals surface area contributed by atoms with Crippen LogP contribution in [0.15, 0.2) is 18.2 Å². The summed E-state index contributed by atoms with van der Waals surface area (Å²) in [6.45, 7) is 1.61. The fraction of sp³-hybridized carbons (Fsp3) is 0.364. The molecule has 0 spiro atoms. The molecule has 1 atom stereocenters. The summed E-state index contributed by atoms with van der Waals surface area (Å²) in [6.07, 6.45) is -4.43. The lowest BCUT2D eigenvalue weighted by atomic mass is 10.0. The maximum atomic E-state index is 13.0. The average Bonchev–Trinajstić information content (AvgIpc) is 2.25. The SMILES string of the molecule is CCC(Cl)C(=O)c1cc(F)cc(C(F)(F)F)c1. The molecule has 1 aromatic carbocycles. The van der Waals surface area contributed by atoms with Gasteiger partial charge in [0.15, 0.2) is 5.78 Å². The molecule has 0 aliphatic rings. The molecule has 0 heterocycles. The van der Waals surface area contributed by atoms with Crippen molar-refractivity contribution in [2.75, 3.05) is 0 Å². The first-order valence-electron chi connectivity index (χ1n) is 4.81. The van der Waals surface area contributed by atoms with Gasteiger partial charge in [-0.15, -0.1) is 11.6 Å². The van der Waals surface area contributed by atoms with Crippen LogP contribution >= 0.6 is 11.6 Å². The van der Waals surface area contributed by atoms with Gasteiger partial charge in [-0.1, -0.05) is 6.92 Å². The Morgan fingerprint density at radius 1 is 1.35 bits per heavy atom. The number of hydrogen-bond acceptors (Lipinski definition) is 1. The Morgan fingerprint density at radius 2 is 1.94 bits per heavy atom. The molecule has 0 radical (unpaired) electrons. The Balaban J connectivity index is 3.19. The van der Waals surface area contributed by atoms with Gasteiger partial charge in [0.05, 0.1) is 10.9 Å². The van der Waals surface area contributed by atoms with Crippen LogP contribution < -0.4 is 0 Å². The van der Waals surface area contributed by atoms with E-state index < -0.39 is 28.7 Å². The van der Waals surface area contributed by atoms with Crippen molar-refractivity contribution in [3.63, 3.8) is 0 Å². The summed E-state index contributed by atoms with van der Waals surface area (Å²) >= 11 is 5.62. The number of rotatable bonds is 3. The fourth-order valence-corrected chi connectivity index (χ4v) is 1.39. The number of carbonyl (C=O) groups excluding carboxylic acids is 1. The van der Waals surface area contributed by atoms with E-state index in [0.717, 1.165) is 6.07 Å². The smallest absolute Gasteiger partial charge is 0.293 e. The van der Waals surface area contributed by atoms with Gasteiger partial charge in [0.25, 0.3) is 0 Å². The Hall–Kier alpha value is -1.10. The molecule has 0 aliphatic carbocycles. The lowest BCUT2D eigenvalue weighted by Gasteiger charge is -2.10. The van der Waals surface area contributed by atoms with Crippen LogP contribution in [-0.4, -0.2) is 11.2 Å². The van der Waals surface area contributed by atoms with E-state index in [4.69, 9.17) is 11.6 Å². The molecule has 0 aliphatic heterocycles. The standard InChI is InChI=1S/C11H9ClF4O/c1-2-9(12)10(17)6-3-7(11(14,15)16)5-8(13)4-6/h3-5,9H,2H2,1H3. The van der Waals surface area contributed by atoms with E-state index in [2.05, 4.69) is 0 Å². The minimum Gasteiger partial charge on any atom is -0.293 e. The minimum atomic E-state index is -4.69. The summed E-state index contributed by atoms with van der Waals surface area (Å²) in [5.41, 5.74) is -1.56. The lowest BCUT2D eigenvalue weighted by Crippen LogP contribution is -2.15. The monoisotopic (exact) mass is 268 g/mol. The summed E-state index contributed by atoms with van der Waals surface area (Å²) in [4.78, 5) is 11.5. The van der Waals surface area contributed by atoms with Gasteiger partial charge in [0.2, 0.25) is 0 Å². The number of halogens is 5. The third kappa shape index (κ3) is 3.43. The van der Waals surface area contributed by atoms with Crippen LogP contribution in [0.1, 0.15) is 29.3 Å². The normalized spacial score (nSPS) is 13.5. The van der Waals surface area contributed by atoms with Crippen LogP contribution in [0, 0.1) is 5.82 Å². The maximum absolute atomic E-state index is 13.0. The molecule has 1 nitrogen and oxygen atoms in total. The van der Waals surface area contributed by atoms with Gasteiger partial charge in [-0.05, 0) is 24.6 Å². The molecule has 0 saturated heterocycles. The third-order valence-corrected chi connectivity index (χ3v) is 2.66. The van der Waals surface area contributed by atoms with E-state index in [-0.39, 0.29) is 12.0 Å². The van der Waals surface area contributed by atoms with Crippen molar-refractivity contribution in [1.82, 2.24) is 0 Å². The van der Waals surface area contributed by atoms with Crippen molar-refractivity contribution in [3.8, 4) is 0 Å². The first-order chi connectivity index (χ1) is 7.75. The van der Waals surface area contributed by atoms with Gasteiger partial charge in [-0.25, -0.2) is 4.39 Å². The van der Waals surface area contributed by atoms with E-state index in [0.29, 0.717) is 12.1 Å². The van der Waals surface area contributed by atoms with Crippen LogP contribution in [-0.2, 0) is 6.18 Å². The summed E-state index contributed by atoms with van der Waals surface area (Å²) in [7, 11) is 0. The summed E-state index contributed by atoms with van der Waals surface area (Å²) in [6, 6.07) is 1.70. The van der Waals surface area contributed by atoms with Gasteiger partial charge in [-0.2, -0.15) is 13.2 Å². The summed E-state index contributed by atoms with van der Waals surface area (Å²) < 4.78 is 50.1. The largest absolute Gasteiger partial charge is 0.416 e. The fourth-order valence-electron chi connectivity index (χ4n) is 1.26. The predicted molar refractivity (Wildman–Crippen MR) is 55.7 cm³/mol. The van der Waals surface area contributed by atoms with Gasteiger partial charge < -0.3 is 0 Å². The second-order valence-corrected chi connectivity index (χ2v) is 3.99. The topological polar surface area (TPSA) is 17.1 Å². The molecular weight excluding hydrogens is 260 g/mol. The van der Waals surface area contributed by atoms with Gasteiger partial charge in [0, 0.05) is 5.56 Å². The van der Waals surface area contributed by atoms with Crippen molar-refractivity contribution in [2.45, 2.75) is 24.9 Å². The molecule has 6 heteroatoms. The van der Waals surface area contributed by atoms with Crippen LogP contribution in [0.4, 0.5) is 17.6 Å². The van der Waals surface area contributed by atoms with Crippen molar-refractivity contribution in [3.05, 3.63) is 35.1 Å². The second-order valence-electron chi connectivity index (χ2n) is 3.47. The molecule has 0 fully saturated rings. The zero-order valence-corrected chi connectivity index (χ0v) is 9.57. The molecule has 1 rings (SSSR count). The molecule has 94 valence electrons. The molecule has 0 N–H and O–H groups in total. The number of Topliss-reactive ketones (excluding diaryl/α,β-unsaturated/α-hetero) is 1. The van der Waals surface area contributed by atoms with Crippen molar-refractivity contribution in [2.24, 2.45) is 0 Å². The van der Waals surface area contributed by atoms with Gasteiger partial charge in [0.1, 0.15) is 5.82 Å². The quantitative estimate of drug-likeness (QED) is 0.459. The molecule has 17 heavy (non-hydrogen) atoms. The Morgan fingerprint density at radius 3 is 2.41 bits per heavy atom. The third-order valence-electron chi connectivity index (χ3n) is 2.15. The van der Waals surface area contributed by atoms with Crippen molar-refractivity contribution >= 4 is 17.4 Å². The van der Waals surface area contributed by atoms with Crippen LogP contribution in [0.25, 0.3) is 0 Å². The minimum absolute atomic E-state index is 0.262. The lowest BCUT2D eigenvalue weighted by molar-refractivity contribution is -0.137. The van der Waals surface area contributed by atoms with E-state index in [1.807, 2.05) is 0 Å². The summed E-state index contributed by atoms with van der Waals surface area (Å²) in [5, 5.41) is -0.946. The van der Waals surface area contributed by atoms with Crippen molar-refractivity contribution in [1.29, 1.82) is 0 Å². The van der Waals surface area contributed by atoms with Crippen LogP contribution in [0.5, 0.6) is 0 Å². The molecule has 0 bridgehead atoms. The summed E-state index contributed by atoms with van der Waals surface area (Å²) in [5.74, 6) is -1.82. The Kier molecular flexibility index (Phi) is 4.14. The highest BCUT2D eigenvalue weighted by molar-refractivity contribution is 6.33. The van der Waals surface area contributed by atoms with Gasteiger partial charge >= 0.3 is 6.18 Å². The first kappa shape index (κ1) is 14.0. The van der Waals surface area contributed by atoms with E-state index in [9.17, 15) is 22.4 Å². The van der Waals surface area contributed by atoms with E-state index in [1.165, 1.54) is 0 Å². The number of alkyl halides is 4. The molecule has 0 aromatic heterocycles. The van der Waals surface area contributed by atoms with Crippen LogP contribution in [0.3, 0.4) is 0 Å². The number of ketones is 1. The van der Waals surface area contributed by atoms with Crippen LogP contribution in [0.2, 0.25) is 0 Å². The predicted octanol–water partition coefficient (Wildman–Crippen LogP) is 4.04. The Labute approximate surface area is 100 Å². The first-order valence-corrected chi connectivity index (χ1v) is 5.25. The zero-order valence-electron chi connectivity index (χ0n) is 8.81.